The molecule has 7 rings (SSSR count). The van der Waals surface area contributed by atoms with Crippen LogP contribution in [0.3, 0.4) is 0 Å². The molecular weight excluding hydrogens is 524 g/mol. The maximum absolute atomic E-state index is 12.9. The van der Waals surface area contributed by atoms with Crippen LogP contribution in [-0.4, -0.2) is 79.0 Å². The summed E-state index contributed by atoms with van der Waals surface area (Å²) in [6, 6.07) is 3.31. The lowest BCUT2D eigenvalue weighted by Crippen LogP contribution is -2.58. The predicted octanol–water partition coefficient (Wildman–Crippen LogP) is 4.19. The van der Waals surface area contributed by atoms with E-state index in [2.05, 4.69) is 25.8 Å². The van der Waals surface area contributed by atoms with E-state index in [1.807, 2.05) is 11.0 Å². The Bertz CT molecular complexity index is 1250. The van der Waals surface area contributed by atoms with Gasteiger partial charge in [-0.25, -0.2) is 9.59 Å². The lowest BCUT2D eigenvalue weighted by Gasteiger charge is -2.61. The lowest BCUT2D eigenvalue weighted by atomic mass is 9.44. The van der Waals surface area contributed by atoms with Gasteiger partial charge in [-0.2, -0.15) is 0 Å². The summed E-state index contributed by atoms with van der Waals surface area (Å²) in [4.78, 5) is 41.1. The van der Waals surface area contributed by atoms with Gasteiger partial charge in [-0.15, -0.1) is 0 Å². The van der Waals surface area contributed by atoms with Crippen molar-refractivity contribution in [2.45, 2.75) is 95.5 Å². The Morgan fingerprint density at radius 3 is 2.46 bits per heavy atom. The first-order chi connectivity index (χ1) is 19.6. The highest BCUT2D eigenvalue weighted by molar-refractivity contribution is 5.68. The number of piperazine rings is 1. The summed E-state index contributed by atoms with van der Waals surface area (Å²) in [5.74, 6) is 1.04. The van der Waals surface area contributed by atoms with Gasteiger partial charge >= 0.3 is 17.7 Å². The summed E-state index contributed by atoms with van der Waals surface area (Å²) in [5, 5.41) is 0. The van der Waals surface area contributed by atoms with Crippen molar-refractivity contribution >= 4 is 12.1 Å². The van der Waals surface area contributed by atoms with Crippen LogP contribution in [0.25, 0.3) is 0 Å². The fourth-order valence-corrected chi connectivity index (χ4v) is 10.4. The molecule has 0 bridgehead atoms. The van der Waals surface area contributed by atoms with E-state index in [4.69, 9.17) is 18.6 Å². The number of ether oxygens (including phenoxy) is 3. The highest BCUT2D eigenvalue weighted by Crippen LogP contribution is 2.78. The zero-order valence-corrected chi connectivity index (χ0v) is 24.8. The van der Waals surface area contributed by atoms with E-state index in [1.165, 1.54) is 13.0 Å². The third-order valence-corrected chi connectivity index (χ3v) is 12.5. The van der Waals surface area contributed by atoms with Crippen LogP contribution in [0, 0.1) is 28.6 Å². The van der Waals surface area contributed by atoms with E-state index in [0.29, 0.717) is 17.8 Å². The highest BCUT2D eigenvalue weighted by atomic mass is 16.7. The molecular formula is C32H44N2O7. The molecule has 6 aliphatic rings. The molecule has 0 unspecified atom stereocenters. The van der Waals surface area contributed by atoms with Crippen LogP contribution in [0.4, 0.5) is 4.79 Å². The van der Waals surface area contributed by atoms with Crippen LogP contribution in [-0.2, 0) is 19.0 Å². The van der Waals surface area contributed by atoms with Crippen molar-refractivity contribution in [3.63, 3.8) is 0 Å². The average Bonchev–Trinajstić information content (AvgIpc) is 3.64. The van der Waals surface area contributed by atoms with Gasteiger partial charge in [0, 0.05) is 50.5 Å². The fourth-order valence-electron chi connectivity index (χ4n) is 10.4. The Balaban J connectivity index is 1.11. The van der Waals surface area contributed by atoms with Crippen molar-refractivity contribution in [3.8, 4) is 0 Å². The monoisotopic (exact) mass is 568 g/mol. The first-order valence-electron chi connectivity index (χ1n) is 15.6. The molecule has 3 heterocycles. The summed E-state index contributed by atoms with van der Waals surface area (Å²) >= 11 is 0. The third-order valence-electron chi connectivity index (χ3n) is 12.5. The number of nitrogens with zero attached hydrogens (tertiary/aromatic N) is 2. The van der Waals surface area contributed by atoms with Crippen molar-refractivity contribution in [1.82, 2.24) is 9.80 Å². The molecule has 1 aromatic heterocycles. The van der Waals surface area contributed by atoms with Gasteiger partial charge in [0.25, 0.3) is 0 Å². The molecule has 4 aliphatic carbocycles. The molecule has 0 radical (unpaired) electrons. The van der Waals surface area contributed by atoms with Crippen LogP contribution >= 0.6 is 0 Å². The van der Waals surface area contributed by atoms with E-state index in [1.54, 1.807) is 6.26 Å². The summed E-state index contributed by atoms with van der Waals surface area (Å²) < 4.78 is 24.1. The summed E-state index contributed by atoms with van der Waals surface area (Å²) in [7, 11) is 2.09. The van der Waals surface area contributed by atoms with E-state index >= 15 is 0 Å². The Labute approximate surface area is 241 Å². The minimum absolute atomic E-state index is 0.00864. The average molecular weight is 569 g/mol. The van der Waals surface area contributed by atoms with Crippen molar-refractivity contribution in [3.05, 3.63) is 34.4 Å². The molecule has 1 spiro atoms. The van der Waals surface area contributed by atoms with Gasteiger partial charge in [0.1, 0.15) is 23.9 Å². The van der Waals surface area contributed by atoms with Gasteiger partial charge in [-0.05, 0) is 86.8 Å². The van der Waals surface area contributed by atoms with Gasteiger partial charge in [0.05, 0.1) is 6.26 Å². The lowest BCUT2D eigenvalue weighted by molar-refractivity contribution is -0.158. The zero-order valence-electron chi connectivity index (χ0n) is 24.8. The van der Waals surface area contributed by atoms with Crippen molar-refractivity contribution in [2.75, 3.05) is 33.2 Å². The van der Waals surface area contributed by atoms with Gasteiger partial charge in [-0.3, -0.25) is 4.79 Å². The molecule has 9 nitrogen and oxygen atoms in total. The molecule has 1 aromatic rings. The van der Waals surface area contributed by atoms with E-state index in [0.717, 1.165) is 76.7 Å². The second-order valence-corrected chi connectivity index (χ2v) is 14.3. The molecule has 2 saturated heterocycles. The van der Waals surface area contributed by atoms with Gasteiger partial charge in [0.2, 0.25) is 0 Å². The number of carbonyl (C=O) groups excluding carboxylic acids is 2. The van der Waals surface area contributed by atoms with Crippen LogP contribution in [0.2, 0.25) is 0 Å². The van der Waals surface area contributed by atoms with Crippen LogP contribution in [0.15, 0.2) is 27.6 Å². The molecule has 4 saturated carbocycles. The normalized spacial score (nSPS) is 45.1. The molecule has 1 amide bonds. The highest BCUT2D eigenvalue weighted by Gasteiger charge is 2.84. The van der Waals surface area contributed by atoms with Crippen LogP contribution in [0.1, 0.15) is 77.2 Å². The van der Waals surface area contributed by atoms with Crippen LogP contribution in [0.5, 0.6) is 0 Å². The Morgan fingerprint density at radius 1 is 0.976 bits per heavy atom. The summed E-state index contributed by atoms with van der Waals surface area (Å²) in [6.07, 6.45) is 8.01. The maximum atomic E-state index is 12.9. The number of likely N-dealkylation sites (N-methyl/N-ethyl adjacent to an activating group) is 1. The summed E-state index contributed by atoms with van der Waals surface area (Å²) in [6.45, 7) is 9.51. The Morgan fingerprint density at radius 2 is 1.76 bits per heavy atom. The van der Waals surface area contributed by atoms with Crippen molar-refractivity contribution in [2.24, 2.45) is 28.6 Å². The standard InChI is InChI=1S/C32H44N2O7/c1-19(35)39-27-26(20-5-8-25(36)38-18-20)31(3)12-10-23-24(32(31)28(27)41-32)7-6-21-17-22(9-11-30(21,23)2)40-29(37)34-15-13-33(4)14-16-34/h5,8,18,21-24,26-28H,6-7,9-17H2,1-4H3/t21-,22+,23+,24-,26+,27-,28-,30+,31-,32-/m1/s1. The molecule has 224 valence electrons. The number of fused-ring (bicyclic) bond motifs is 3. The van der Waals surface area contributed by atoms with Gasteiger partial charge in [-0.1, -0.05) is 13.8 Å². The molecule has 0 aromatic carbocycles. The number of rotatable bonds is 3. The largest absolute Gasteiger partial charge is 0.459 e. The number of carbonyl (C=O) groups is 2. The molecule has 9 heteroatoms. The van der Waals surface area contributed by atoms with Gasteiger partial charge in [0.15, 0.2) is 0 Å². The second kappa shape index (κ2) is 9.56. The minimum Gasteiger partial charge on any atom is -0.459 e. The molecule has 0 N–H and O–H groups in total. The molecule has 2 aliphatic heterocycles. The van der Waals surface area contributed by atoms with Crippen LogP contribution < -0.4 is 5.63 Å². The molecule has 41 heavy (non-hydrogen) atoms. The molecule has 10 atom stereocenters. The zero-order chi connectivity index (χ0) is 28.7. The second-order valence-electron chi connectivity index (χ2n) is 14.3. The topological polar surface area (TPSA) is 102 Å². The minimum atomic E-state index is -0.390. The summed E-state index contributed by atoms with van der Waals surface area (Å²) in [5.41, 5.74) is 0.139. The quantitative estimate of drug-likeness (QED) is 0.395. The van der Waals surface area contributed by atoms with E-state index in [9.17, 15) is 14.4 Å². The Kier molecular flexibility index (Phi) is 6.40. The van der Waals surface area contributed by atoms with Gasteiger partial charge < -0.3 is 28.4 Å². The van der Waals surface area contributed by atoms with Crippen molar-refractivity contribution < 1.29 is 28.2 Å². The maximum Gasteiger partial charge on any atom is 0.410 e. The number of hydrogen-bond acceptors (Lipinski definition) is 8. The SMILES string of the molecule is CC(=O)O[C@H]1[C@H]2O[C@]23[C@@H]2CC[C@@H]4C[C@@H](OC(=O)N5CCN(C)CC5)CC[C@]4(C)[C@H]2CC[C@]3(C)[C@H]1c1ccc(=O)oc1. The first kappa shape index (κ1) is 27.4. The number of esters is 1. The number of amides is 1. The van der Waals surface area contributed by atoms with Crippen molar-refractivity contribution in [1.29, 1.82) is 0 Å². The third kappa shape index (κ3) is 4.04. The predicted molar refractivity (Wildman–Crippen MR) is 149 cm³/mol. The number of epoxide rings is 1. The van der Waals surface area contributed by atoms with E-state index < -0.39 is 0 Å². The smallest absolute Gasteiger partial charge is 0.410 e. The Hall–Kier alpha value is -2.39. The number of hydrogen-bond donors (Lipinski definition) is 0. The first-order valence-corrected chi connectivity index (χ1v) is 15.6. The fraction of sp³-hybridized carbons (Fsp3) is 0.781. The molecule has 6 fully saturated rings. The van der Waals surface area contributed by atoms with E-state index in [-0.39, 0.29) is 58.3 Å².